The zero-order valence-electron chi connectivity index (χ0n) is 10.4. The first-order valence-electron chi connectivity index (χ1n) is 5.70. The van der Waals surface area contributed by atoms with Gasteiger partial charge in [0.25, 0.3) is 0 Å². The van der Waals surface area contributed by atoms with Gasteiger partial charge in [-0.3, -0.25) is 0 Å². The fourth-order valence-electron chi connectivity index (χ4n) is 1.21. The summed E-state index contributed by atoms with van der Waals surface area (Å²) in [7, 11) is 0. The van der Waals surface area contributed by atoms with Gasteiger partial charge < -0.3 is 50.4 Å². The molecule has 1 rings (SSSR count). The van der Waals surface area contributed by atoms with E-state index in [1.54, 1.807) is 0 Å². The predicted molar refractivity (Wildman–Crippen MR) is 61.1 cm³/mol. The highest BCUT2D eigenvalue weighted by atomic mass is 16.6. The number of hydrogen-bond acceptors (Lipinski definition) is 10. The lowest BCUT2D eigenvalue weighted by molar-refractivity contribution is -0.252. The molecule has 0 radical (unpaired) electrons. The molecular weight excluding hydrogens is 280 g/mol. The van der Waals surface area contributed by atoms with Gasteiger partial charge in [0.2, 0.25) is 0 Å². The Morgan fingerprint density at radius 1 is 1.10 bits per heavy atom. The van der Waals surface area contributed by atoms with Crippen LogP contribution in [0.25, 0.3) is 0 Å². The predicted octanol–water partition coefficient (Wildman–Crippen LogP) is -5.32. The quantitative estimate of drug-likeness (QED) is 0.233. The monoisotopic (exact) mass is 300 g/mol. The van der Waals surface area contributed by atoms with Crippen molar-refractivity contribution in [2.24, 2.45) is 0 Å². The summed E-state index contributed by atoms with van der Waals surface area (Å²) in [4.78, 5) is 9.76. The fraction of sp³-hybridized carbons (Fsp3) is 0.900. The van der Waals surface area contributed by atoms with E-state index in [1.165, 1.54) is 0 Å². The molecule has 0 spiro atoms. The number of ether oxygens (including phenoxy) is 1. The number of carbonyl (C=O) groups is 1. The summed E-state index contributed by atoms with van der Waals surface area (Å²) in [5.74, 6) is 0. The molecule has 0 unspecified atom stereocenters. The van der Waals surface area contributed by atoms with E-state index in [4.69, 9.17) is 40.9 Å². The molecule has 0 bridgehead atoms. The van der Waals surface area contributed by atoms with Crippen LogP contribution >= 0.6 is 0 Å². The minimum atomic E-state index is -1.64. The Morgan fingerprint density at radius 2 is 1.65 bits per heavy atom. The standard InChI is InChI=1S/2C5H10O5/c6-2-1-10-5(9)4(8)3(2)7;6-1-3(8)5(10)4(9)2-7/h2-9H,1H2;1,3-5,7-10H,2H2/t2-,3+,4-,5-;3-,4+,5+/m10/s1. The van der Waals surface area contributed by atoms with Gasteiger partial charge in [-0.1, -0.05) is 0 Å². The Balaban J connectivity index is 0.000000361. The maximum atomic E-state index is 9.76. The lowest BCUT2D eigenvalue weighted by Gasteiger charge is -2.31. The second-order valence-electron chi connectivity index (χ2n) is 4.14. The number of carbonyl (C=O) groups excluding carboxylic acids is 1. The third-order valence-corrected chi connectivity index (χ3v) is 2.54. The molecule has 1 fully saturated rings. The van der Waals surface area contributed by atoms with Crippen LogP contribution < -0.4 is 0 Å². The minimum absolute atomic E-state index is 0.0869. The smallest absolute Gasteiger partial charge is 0.183 e. The van der Waals surface area contributed by atoms with Crippen LogP contribution in [0.2, 0.25) is 0 Å². The number of hydrogen-bond donors (Lipinski definition) is 8. The minimum Gasteiger partial charge on any atom is -0.394 e. The summed E-state index contributed by atoms with van der Waals surface area (Å²) in [6.45, 7) is -0.842. The van der Waals surface area contributed by atoms with Gasteiger partial charge in [0.1, 0.15) is 36.6 Å². The summed E-state index contributed by atoms with van der Waals surface area (Å²) in [5.41, 5.74) is 0. The lowest BCUT2D eigenvalue weighted by atomic mass is 10.1. The van der Waals surface area contributed by atoms with Crippen molar-refractivity contribution in [1.82, 2.24) is 0 Å². The molecular formula is C10H20O10. The van der Waals surface area contributed by atoms with Crippen LogP contribution in [-0.2, 0) is 9.53 Å². The Labute approximate surface area is 114 Å². The Hall–Kier alpha value is -0.690. The van der Waals surface area contributed by atoms with E-state index in [0.29, 0.717) is 0 Å². The maximum absolute atomic E-state index is 9.76. The second kappa shape index (κ2) is 9.28. The average molecular weight is 300 g/mol. The van der Waals surface area contributed by atoms with E-state index in [1.807, 2.05) is 0 Å². The van der Waals surface area contributed by atoms with E-state index >= 15 is 0 Å². The van der Waals surface area contributed by atoms with Gasteiger partial charge in [0.15, 0.2) is 12.6 Å². The van der Waals surface area contributed by atoms with Crippen LogP contribution in [0.15, 0.2) is 0 Å². The summed E-state index contributed by atoms with van der Waals surface area (Å²) in [6, 6.07) is 0. The van der Waals surface area contributed by atoms with Crippen molar-refractivity contribution in [3.8, 4) is 0 Å². The molecule has 0 saturated carbocycles. The molecule has 10 heteroatoms. The molecule has 1 heterocycles. The summed E-state index contributed by atoms with van der Waals surface area (Å²) in [5, 5.41) is 69.3. The van der Waals surface area contributed by atoms with Crippen LogP contribution in [0.4, 0.5) is 0 Å². The van der Waals surface area contributed by atoms with E-state index in [-0.39, 0.29) is 12.9 Å². The number of aliphatic hydroxyl groups is 8. The van der Waals surface area contributed by atoms with E-state index in [9.17, 15) is 4.79 Å². The first-order valence-corrected chi connectivity index (χ1v) is 5.70. The van der Waals surface area contributed by atoms with Gasteiger partial charge in [-0.05, 0) is 0 Å². The van der Waals surface area contributed by atoms with Gasteiger partial charge in [-0.15, -0.1) is 0 Å². The number of rotatable bonds is 4. The van der Waals surface area contributed by atoms with Gasteiger partial charge in [-0.2, -0.15) is 0 Å². The van der Waals surface area contributed by atoms with Crippen LogP contribution in [0.1, 0.15) is 0 Å². The van der Waals surface area contributed by atoms with Crippen LogP contribution in [0.5, 0.6) is 0 Å². The molecule has 0 amide bonds. The van der Waals surface area contributed by atoms with Crippen molar-refractivity contribution < 1.29 is 50.4 Å². The first kappa shape index (κ1) is 19.3. The second-order valence-corrected chi connectivity index (χ2v) is 4.14. The highest BCUT2D eigenvalue weighted by molar-refractivity contribution is 5.56. The van der Waals surface area contributed by atoms with Gasteiger partial charge in [-0.25, -0.2) is 0 Å². The average Bonchev–Trinajstić information content (AvgIpc) is 2.47. The highest BCUT2D eigenvalue weighted by Crippen LogP contribution is 2.12. The van der Waals surface area contributed by atoms with Crippen molar-refractivity contribution in [3.05, 3.63) is 0 Å². The highest BCUT2D eigenvalue weighted by Gasteiger charge is 2.36. The summed E-state index contributed by atoms with van der Waals surface area (Å²) < 4.78 is 4.47. The zero-order chi connectivity index (χ0) is 15.9. The normalized spacial score (nSPS) is 34.4. The van der Waals surface area contributed by atoms with Crippen LogP contribution in [0.3, 0.4) is 0 Å². The Kier molecular flexibility index (Phi) is 8.96. The molecule has 10 nitrogen and oxygen atoms in total. The third-order valence-electron chi connectivity index (χ3n) is 2.54. The van der Waals surface area contributed by atoms with Crippen LogP contribution in [0, 0.1) is 0 Å². The van der Waals surface area contributed by atoms with Gasteiger partial charge in [0, 0.05) is 0 Å². The largest absolute Gasteiger partial charge is 0.394 e. The molecule has 1 aliphatic heterocycles. The van der Waals surface area contributed by atoms with Crippen molar-refractivity contribution in [2.45, 2.75) is 42.9 Å². The molecule has 0 aromatic carbocycles. The van der Waals surface area contributed by atoms with Crippen molar-refractivity contribution in [1.29, 1.82) is 0 Å². The Bertz CT molecular complexity index is 261. The first-order chi connectivity index (χ1) is 9.26. The SMILES string of the molecule is O=C[C@H](O)[C@@H](O)[C@H](O)CO.O[C@@H]1[C@@H](O)[C@H](O)OC[C@H]1O. The molecule has 1 aliphatic rings. The van der Waals surface area contributed by atoms with Gasteiger partial charge >= 0.3 is 0 Å². The van der Waals surface area contributed by atoms with E-state index in [0.717, 1.165) is 0 Å². The fourth-order valence-corrected chi connectivity index (χ4v) is 1.21. The Morgan fingerprint density at radius 3 is 2.05 bits per heavy atom. The lowest BCUT2D eigenvalue weighted by Crippen LogP contribution is -2.52. The molecule has 0 aromatic heterocycles. The topological polar surface area (TPSA) is 188 Å². The van der Waals surface area contributed by atoms with Crippen LogP contribution in [-0.4, -0.2) is 103 Å². The molecule has 7 atom stereocenters. The zero-order valence-corrected chi connectivity index (χ0v) is 10.4. The molecule has 0 aromatic rings. The van der Waals surface area contributed by atoms with Gasteiger partial charge in [0.05, 0.1) is 13.2 Å². The molecule has 8 N–H and O–H groups in total. The van der Waals surface area contributed by atoms with E-state index in [2.05, 4.69) is 4.74 Å². The third kappa shape index (κ3) is 5.75. The molecule has 0 aliphatic carbocycles. The van der Waals surface area contributed by atoms with Crippen molar-refractivity contribution >= 4 is 6.29 Å². The molecule has 20 heavy (non-hydrogen) atoms. The molecule has 120 valence electrons. The summed E-state index contributed by atoms with van der Waals surface area (Å²) >= 11 is 0. The van der Waals surface area contributed by atoms with E-state index < -0.39 is 49.5 Å². The number of aliphatic hydroxyl groups excluding tert-OH is 8. The molecule has 1 saturated heterocycles. The summed E-state index contributed by atoms with van der Waals surface area (Å²) in [6.07, 6.45) is -9.86. The van der Waals surface area contributed by atoms with Crippen molar-refractivity contribution in [2.75, 3.05) is 13.2 Å². The maximum Gasteiger partial charge on any atom is 0.183 e. The van der Waals surface area contributed by atoms with Crippen molar-refractivity contribution in [3.63, 3.8) is 0 Å². The number of aldehydes is 1.